The zero-order valence-electron chi connectivity index (χ0n) is 11.8. The summed E-state index contributed by atoms with van der Waals surface area (Å²) in [6, 6.07) is 16.8. The number of anilines is 1. The monoisotopic (exact) mass is 280 g/mol. The summed E-state index contributed by atoms with van der Waals surface area (Å²) in [4.78, 5) is 12.0. The number of ether oxygens (including phenoxy) is 1. The largest absolute Gasteiger partial charge is 0.497 e. The van der Waals surface area contributed by atoms with Gasteiger partial charge in [-0.25, -0.2) is 0 Å². The summed E-state index contributed by atoms with van der Waals surface area (Å²) < 4.78 is 5.13. The third-order valence-corrected chi connectivity index (χ3v) is 3.02. The minimum atomic E-state index is -0.0868. The molecule has 2 aromatic carbocycles. The van der Waals surface area contributed by atoms with Crippen LogP contribution < -0.4 is 10.1 Å². The normalized spacial score (nSPS) is 9.71. The van der Waals surface area contributed by atoms with Crippen LogP contribution in [0.5, 0.6) is 5.75 Å². The third kappa shape index (κ3) is 4.36. The van der Waals surface area contributed by atoms with Crippen molar-refractivity contribution >= 4 is 11.6 Å². The molecule has 0 unspecified atom stereocenters. The third-order valence-electron chi connectivity index (χ3n) is 3.02. The molecule has 0 aliphatic carbocycles. The van der Waals surface area contributed by atoms with E-state index in [1.165, 1.54) is 0 Å². The van der Waals surface area contributed by atoms with Gasteiger partial charge >= 0.3 is 0 Å². The standard InChI is InChI=1S/C17H16N2O2/c1-21-16-4-2-3-14(11-16)12-17(20)19-15-7-5-13(6-8-15)9-10-18/h2-8,11H,9,12H2,1H3,(H,19,20). The van der Waals surface area contributed by atoms with Crippen LogP contribution in [-0.4, -0.2) is 13.0 Å². The lowest BCUT2D eigenvalue weighted by Gasteiger charge is -2.07. The van der Waals surface area contributed by atoms with E-state index in [0.29, 0.717) is 6.42 Å². The Hall–Kier alpha value is -2.80. The molecule has 2 rings (SSSR count). The van der Waals surface area contributed by atoms with Gasteiger partial charge in [0.1, 0.15) is 5.75 Å². The second-order valence-corrected chi connectivity index (χ2v) is 4.61. The van der Waals surface area contributed by atoms with E-state index in [4.69, 9.17) is 10.00 Å². The number of rotatable bonds is 5. The average Bonchev–Trinajstić information content (AvgIpc) is 2.49. The van der Waals surface area contributed by atoms with E-state index in [1.807, 2.05) is 36.4 Å². The second kappa shape index (κ2) is 7.11. The Kier molecular flexibility index (Phi) is 4.94. The number of amides is 1. The van der Waals surface area contributed by atoms with Gasteiger partial charge < -0.3 is 10.1 Å². The number of nitrogens with zero attached hydrogens (tertiary/aromatic N) is 1. The van der Waals surface area contributed by atoms with Crippen LogP contribution in [-0.2, 0) is 17.6 Å². The van der Waals surface area contributed by atoms with Gasteiger partial charge in [-0.1, -0.05) is 24.3 Å². The summed E-state index contributed by atoms with van der Waals surface area (Å²) >= 11 is 0. The SMILES string of the molecule is COc1cccc(CC(=O)Nc2ccc(CC#N)cc2)c1. The van der Waals surface area contributed by atoms with Crippen LogP contribution in [0.1, 0.15) is 11.1 Å². The van der Waals surface area contributed by atoms with Gasteiger partial charge in [0.15, 0.2) is 0 Å². The molecule has 0 heterocycles. The number of methoxy groups -OCH3 is 1. The molecule has 0 atom stereocenters. The maximum absolute atomic E-state index is 12.0. The highest BCUT2D eigenvalue weighted by atomic mass is 16.5. The summed E-state index contributed by atoms with van der Waals surface area (Å²) in [7, 11) is 1.60. The summed E-state index contributed by atoms with van der Waals surface area (Å²) in [5, 5.41) is 11.4. The van der Waals surface area contributed by atoms with Gasteiger partial charge in [0, 0.05) is 5.69 Å². The number of hydrogen-bond donors (Lipinski definition) is 1. The number of nitrogens with one attached hydrogen (secondary N) is 1. The molecule has 4 nitrogen and oxygen atoms in total. The molecule has 0 aliphatic rings. The molecule has 106 valence electrons. The maximum atomic E-state index is 12.0. The lowest BCUT2D eigenvalue weighted by Crippen LogP contribution is -2.14. The van der Waals surface area contributed by atoms with E-state index in [0.717, 1.165) is 22.6 Å². The summed E-state index contributed by atoms with van der Waals surface area (Å²) in [6.07, 6.45) is 0.662. The van der Waals surface area contributed by atoms with Gasteiger partial charge in [-0.15, -0.1) is 0 Å². The van der Waals surface area contributed by atoms with Crippen LogP contribution in [0.15, 0.2) is 48.5 Å². The molecule has 4 heteroatoms. The van der Waals surface area contributed by atoms with Gasteiger partial charge in [0.05, 0.1) is 26.0 Å². The van der Waals surface area contributed by atoms with Gasteiger partial charge in [0.25, 0.3) is 0 Å². The Morgan fingerprint density at radius 2 is 1.95 bits per heavy atom. The van der Waals surface area contributed by atoms with Gasteiger partial charge in [0.2, 0.25) is 5.91 Å². The molecule has 0 radical (unpaired) electrons. The smallest absolute Gasteiger partial charge is 0.228 e. The Balaban J connectivity index is 1.96. The van der Waals surface area contributed by atoms with Crippen LogP contribution in [0.25, 0.3) is 0 Å². The Labute approximate surface area is 124 Å². The molecule has 0 saturated heterocycles. The fourth-order valence-corrected chi connectivity index (χ4v) is 1.97. The van der Waals surface area contributed by atoms with Crippen molar-refractivity contribution < 1.29 is 9.53 Å². The van der Waals surface area contributed by atoms with E-state index in [1.54, 1.807) is 19.2 Å². The summed E-state index contributed by atoms with van der Waals surface area (Å²) in [5.41, 5.74) is 2.56. The molecule has 1 amide bonds. The summed E-state index contributed by atoms with van der Waals surface area (Å²) in [5.74, 6) is 0.650. The zero-order chi connectivity index (χ0) is 15.1. The van der Waals surface area contributed by atoms with E-state index < -0.39 is 0 Å². The first-order chi connectivity index (χ1) is 10.2. The van der Waals surface area contributed by atoms with Gasteiger partial charge in [-0.05, 0) is 35.4 Å². The first kappa shape index (κ1) is 14.6. The predicted octanol–water partition coefficient (Wildman–Crippen LogP) is 2.94. The van der Waals surface area contributed by atoms with Crippen molar-refractivity contribution in [3.8, 4) is 11.8 Å². The fraction of sp³-hybridized carbons (Fsp3) is 0.176. The average molecular weight is 280 g/mol. The van der Waals surface area contributed by atoms with Crippen molar-refractivity contribution in [1.29, 1.82) is 5.26 Å². The minimum Gasteiger partial charge on any atom is -0.497 e. The number of hydrogen-bond acceptors (Lipinski definition) is 3. The highest BCUT2D eigenvalue weighted by Gasteiger charge is 2.05. The summed E-state index contributed by atoms with van der Waals surface area (Å²) in [6.45, 7) is 0. The van der Waals surface area contributed by atoms with E-state index in [9.17, 15) is 4.79 Å². The molecular weight excluding hydrogens is 264 g/mol. The lowest BCUT2D eigenvalue weighted by atomic mass is 10.1. The van der Waals surface area contributed by atoms with E-state index >= 15 is 0 Å². The molecule has 0 saturated carbocycles. The van der Waals surface area contributed by atoms with Crippen LogP contribution in [0, 0.1) is 11.3 Å². The molecule has 0 fully saturated rings. The predicted molar refractivity (Wildman–Crippen MR) is 81.1 cm³/mol. The van der Waals surface area contributed by atoms with Crippen molar-refractivity contribution in [3.63, 3.8) is 0 Å². The van der Waals surface area contributed by atoms with Crippen LogP contribution >= 0.6 is 0 Å². The Morgan fingerprint density at radius 1 is 1.19 bits per heavy atom. The molecule has 0 aromatic heterocycles. The van der Waals surface area contributed by atoms with Crippen molar-refractivity contribution in [2.45, 2.75) is 12.8 Å². The van der Waals surface area contributed by atoms with Crippen LogP contribution in [0.2, 0.25) is 0 Å². The van der Waals surface area contributed by atoms with Gasteiger partial charge in [-0.3, -0.25) is 4.79 Å². The van der Waals surface area contributed by atoms with Gasteiger partial charge in [-0.2, -0.15) is 5.26 Å². The first-order valence-electron chi connectivity index (χ1n) is 6.60. The topological polar surface area (TPSA) is 62.1 Å². The highest BCUT2D eigenvalue weighted by Crippen LogP contribution is 2.14. The minimum absolute atomic E-state index is 0.0868. The van der Waals surface area contributed by atoms with Crippen molar-refractivity contribution in [2.75, 3.05) is 12.4 Å². The van der Waals surface area contributed by atoms with E-state index in [-0.39, 0.29) is 12.3 Å². The number of benzene rings is 2. The molecule has 21 heavy (non-hydrogen) atoms. The molecule has 2 aromatic rings. The lowest BCUT2D eigenvalue weighted by molar-refractivity contribution is -0.115. The molecule has 0 bridgehead atoms. The van der Waals surface area contributed by atoms with Crippen LogP contribution in [0.4, 0.5) is 5.69 Å². The zero-order valence-corrected chi connectivity index (χ0v) is 11.8. The quantitative estimate of drug-likeness (QED) is 0.916. The number of nitriles is 1. The van der Waals surface area contributed by atoms with Crippen LogP contribution in [0.3, 0.4) is 0 Å². The number of carbonyl (C=O) groups is 1. The Morgan fingerprint density at radius 3 is 2.62 bits per heavy atom. The number of carbonyl (C=O) groups excluding carboxylic acids is 1. The maximum Gasteiger partial charge on any atom is 0.228 e. The fourth-order valence-electron chi connectivity index (χ4n) is 1.97. The highest BCUT2D eigenvalue weighted by molar-refractivity contribution is 5.92. The van der Waals surface area contributed by atoms with Crippen molar-refractivity contribution in [1.82, 2.24) is 0 Å². The second-order valence-electron chi connectivity index (χ2n) is 4.61. The molecule has 1 N–H and O–H groups in total. The van der Waals surface area contributed by atoms with Crippen molar-refractivity contribution in [3.05, 3.63) is 59.7 Å². The first-order valence-corrected chi connectivity index (χ1v) is 6.60. The molecular formula is C17H16N2O2. The van der Waals surface area contributed by atoms with Crippen molar-refractivity contribution in [2.24, 2.45) is 0 Å². The molecule has 0 aliphatic heterocycles. The molecule has 0 spiro atoms. The Bertz CT molecular complexity index is 657. The van der Waals surface area contributed by atoms with E-state index in [2.05, 4.69) is 11.4 Å².